The van der Waals surface area contributed by atoms with Crippen LogP contribution in [-0.4, -0.2) is 12.1 Å². The van der Waals surface area contributed by atoms with Crippen molar-refractivity contribution < 1.29 is 13.9 Å². The molecule has 3 nitrogen and oxygen atoms in total. The number of carbonyl (C=O) groups excluding carboxylic acids is 1. The molecule has 0 amide bonds. The Hall–Kier alpha value is -2.03. The maximum Gasteiger partial charge on any atom is 0.303 e. The van der Waals surface area contributed by atoms with E-state index in [0.29, 0.717) is 0 Å². The predicted molar refractivity (Wildman–Crippen MR) is 103 cm³/mol. The summed E-state index contributed by atoms with van der Waals surface area (Å²) < 4.78 is 10.5. The van der Waals surface area contributed by atoms with Crippen molar-refractivity contribution in [3.05, 3.63) is 59.1 Å². The van der Waals surface area contributed by atoms with Crippen molar-refractivity contribution in [2.45, 2.75) is 72.8 Å². The van der Waals surface area contributed by atoms with E-state index in [4.69, 9.17) is 9.15 Å². The van der Waals surface area contributed by atoms with E-state index in [1.165, 1.54) is 23.6 Å². The third-order valence-electron chi connectivity index (χ3n) is 4.07. The molecule has 1 atom stereocenters. The standard InChI is InChI=1S/C22H32O3/c1-17(2)12-13-22(25-20(5)23)19(4)10-6-8-18(3)9-7-11-21-14-15-24-16-21/h9-10,12,14-16,22H,6-8,11,13H2,1-5H3. The zero-order valence-corrected chi connectivity index (χ0v) is 16.3. The van der Waals surface area contributed by atoms with Crippen molar-refractivity contribution in [1.82, 2.24) is 0 Å². The first kappa shape index (κ1) is 21.0. The van der Waals surface area contributed by atoms with Crippen LogP contribution in [0.2, 0.25) is 0 Å². The first-order valence-electron chi connectivity index (χ1n) is 9.02. The van der Waals surface area contributed by atoms with Crippen molar-refractivity contribution in [3.63, 3.8) is 0 Å². The van der Waals surface area contributed by atoms with Gasteiger partial charge in [-0.1, -0.05) is 29.4 Å². The van der Waals surface area contributed by atoms with E-state index in [0.717, 1.165) is 37.7 Å². The van der Waals surface area contributed by atoms with Crippen LogP contribution in [-0.2, 0) is 16.0 Å². The van der Waals surface area contributed by atoms with Gasteiger partial charge in [-0.2, -0.15) is 0 Å². The minimum atomic E-state index is -0.227. The lowest BCUT2D eigenvalue weighted by molar-refractivity contribution is -0.144. The number of rotatable bonds is 10. The van der Waals surface area contributed by atoms with E-state index in [9.17, 15) is 4.79 Å². The first-order chi connectivity index (χ1) is 11.9. The number of aryl methyl sites for hydroxylation is 1. The van der Waals surface area contributed by atoms with Crippen LogP contribution in [0.25, 0.3) is 0 Å². The molecular formula is C22H32O3. The van der Waals surface area contributed by atoms with Crippen LogP contribution in [0.5, 0.6) is 0 Å². The van der Waals surface area contributed by atoms with Crippen molar-refractivity contribution >= 4 is 5.97 Å². The fourth-order valence-corrected chi connectivity index (χ4v) is 2.55. The average Bonchev–Trinajstić information content (AvgIpc) is 3.04. The second kappa shape index (κ2) is 11.5. The predicted octanol–water partition coefficient (Wildman–Crippen LogP) is 6.17. The van der Waals surface area contributed by atoms with E-state index < -0.39 is 0 Å². The molecule has 138 valence electrons. The molecule has 0 radical (unpaired) electrons. The second-order valence-electron chi connectivity index (χ2n) is 6.82. The van der Waals surface area contributed by atoms with Gasteiger partial charge in [0.05, 0.1) is 12.5 Å². The van der Waals surface area contributed by atoms with Crippen molar-refractivity contribution in [1.29, 1.82) is 0 Å². The number of ether oxygens (including phenoxy) is 1. The number of furan rings is 1. The SMILES string of the molecule is CC(=O)OC(CC=C(C)C)C(C)=CCCC(C)=CCCc1ccoc1. The lowest BCUT2D eigenvalue weighted by Crippen LogP contribution is -2.17. The molecule has 0 spiro atoms. The first-order valence-corrected chi connectivity index (χ1v) is 9.02. The van der Waals surface area contributed by atoms with Gasteiger partial charge >= 0.3 is 5.97 Å². The minimum Gasteiger partial charge on any atom is -0.472 e. The van der Waals surface area contributed by atoms with Crippen molar-refractivity contribution in [2.75, 3.05) is 0 Å². The number of hydrogen-bond donors (Lipinski definition) is 0. The van der Waals surface area contributed by atoms with E-state index in [2.05, 4.69) is 39.0 Å². The molecule has 1 aromatic rings. The van der Waals surface area contributed by atoms with Gasteiger partial charge in [0.1, 0.15) is 6.10 Å². The third kappa shape index (κ3) is 9.75. The summed E-state index contributed by atoms with van der Waals surface area (Å²) in [6.45, 7) is 9.80. The summed E-state index contributed by atoms with van der Waals surface area (Å²) in [5.41, 5.74) is 4.99. The van der Waals surface area contributed by atoms with Crippen LogP contribution < -0.4 is 0 Å². The number of hydrogen-bond acceptors (Lipinski definition) is 3. The van der Waals surface area contributed by atoms with Crippen LogP contribution >= 0.6 is 0 Å². The largest absolute Gasteiger partial charge is 0.472 e. The highest BCUT2D eigenvalue weighted by Gasteiger charge is 2.12. The highest BCUT2D eigenvalue weighted by molar-refractivity contribution is 5.66. The highest BCUT2D eigenvalue weighted by Crippen LogP contribution is 2.16. The summed E-state index contributed by atoms with van der Waals surface area (Å²) in [4.78, 5) is 11.3. The Morgan fingerprint density at radius 1 is 1.12 bits per heavy atom. The van der Waals surface area contributed by atoms with Crippen LogP contribution in [0.3, 0.4) is 0 Å². The summed E-state index contributed by atoms with van der Waals surface area (Å²) in [6.07, 6.45) is 14.7. The van der Waals surface area contributed by atoms with Crippen LogP contribution in [0.4, 0.5) is 0 Å². The fraction of sp³-hybridized carbons (Fsp3) is 0.500. The van der Waals surface area contributed by atoms with E-state index in [1.807, 2.05) is 13.0 Å². The Morgan fingerprint density at radius 2 is 1.88 bits per heavy atom. The molecular weight excluding hydrogens is 312 g/mol. The quantitative estimate of drug-likeness (QED) is 0.376. The zero-order valence-electron chi connectivity index (χ0n) is 16.3. The maximum atomic E-state index is 11.3. The summed E-state index contributed by atoms with van der Waals surface area (Å²) >= 11 is 0. The van der Waals surface area contributed by atoms with Gasteiger partial charge in [-0.05, 0) is 70.6 Å². The zero-order chi connectivity index (χ0) is 18.7. The van der Waals surface area contributed by atoms with Gasteiger partial charge in [-0.25, -0.2) is 0 Å². The van der Waals surface area contributed by atoms with Gasteiger partial charge in [0.25, 0.3) is 0 Å². The summed E-state index contributed by atoms with van der Waals surface area (Å²) in [7, 11) is 0. The molecule has 0 aliphatic rings. The van der Waals surface area contributed by atoms with E-state index in [-0.39, 0.29) is 12.1 Å². The van der Waals surface area contributed by atoms with Gasteiger partial charge in [0, 0.05) is 13.3 Å². The maximum absolute atomic E-state index is 11.3. The van der Waals surface area contributed by atoms with Crippen molar-refractivity contribution in [2.24, 2.45) is 0 Å². The van der Waals surface area contributed by atoms with Crippen LogP contribution in [0.15, 0.2) is 58.0 Å². The molecule has 1 unspecified atom stereocenters. The normalized spacial score (nSPS) is 13.5. The number of carbonyl (C=O) groups is 1. The molecule has 0 bridgehead atoms. The average molecular weight is 344 g/mol. The highest BCUT2D eigenvalue weighted by atomic mass is 16.5. The van der Waals surface area contributed by atoms with Crippen molar-refractivity contribution in [3.8, 4) is 0 Å². The van der Waals surface area contributed by atoms with Gasteiger partial charge in [-0.15, -0.1) is 0 Å². The molecule has 0 N–H and O–H groups in total. The Bertz CT molecular complexity index is 599. The Morgan fingerprint density at radius 3 is 2.48 bits per heavy atom. The van der Waals surface area contributed by atoms with Crippen LogP contribution in [0.1, 0.15) is 65.9 Å². The molecule has 0 saturated carbocycles. The Labute approximate surface area is 152 Å². The van der Waals surface area contributed by atoms with Gasteiger partial charge < -0.3 is 9.15 Å². The molecule has 0 saturated heterocycles. The fourth-order valence-electron chi connectivity index (χ4n) is 2.55. The van der Waals surface area contributed by atoms with E-state index in [1.54, 1.807) is 12.5 Å². The molecule has 0 aliphatic carbocycles. The molecule has 1 aromatic heterocycles. The molecule has 0 aliphatic heterocycles. The lowest BCUT2D eigenvalue weighted by atomic mass is 10.0. The van der Waals surface area contributed by atoms with Gasteiger partial charge in [-0.3, -0.25) is 4.79 Å². The Balaban J connectivity index is 2.46. The molecule has 3 heteroatoms. The number of allylic oxidation sites excluding steroid dienone is 4. The lowest BCUT2D eigenvalue weighted by Gasteiger charge is -2.16. The minimum absolute atomic E-state index is 0.155. The summed E-state index contributed by atoms with van der Waals surface area (Å²) in [5.74, 6) is -0.227. The van der Waals surface area contributed by atoms with E-state index >= 15 is 0 Å². The van der Waals surface area contributed by atoms with Gasteiger partial charge in [0.2, 0.25) is 0 Å². The summed E-state index contributed by atoms with van der Waals surface area (Å²) in [6, 6.07) is 2.01. The summed E-state index contributed by atoms with van der Waals surface area (Å²) in [5, 5.41) is 0. The van der Waals surface area contributed by atoms with Gasteiger partial charge in [0.15, 0.2) is 0 Å². The molecule has 0 fully saturated rings. The molecule has 0 aromatic carbocycles. The second-order valence-corrected chi connectivity index (χ2v) is 6.82. The molecule has 1 heterocycles. The number of esters is 1. The third-order valence-corrected chi connectivity index (χ3v) is 4.07. The molecule has 1 rings (SSSR count). The topological polar surface area (TPSA) is 39.4 Å². The molecule has 25 heavy (non-hydrogen) atoms. The van der Waals surface area contributed by atoms with Crippen LogP contribution in [0, 0.1) is 0 Å². The Kier molecular flexibility index (Phi) is 9.68. The smallest absolute Gasteiger partial charge is 0.303 e. The monoisotopic (exact) mass is 344 g/mol.